The number of carbonyl (C=O) groups is 3. The molecule has 11 nitrogen and oxygen atoms in total. The van der Waals surface area contributed by atoms with E-state index >= 15 is 0 Å². The molecule has 1 fully saturated rings. The van der Waals surface area contributed by atoms with Crippen molar-refractivity contribution >= 4 is 25.7 Å². The topological polar surface area (TPSA) is 124 Å². The molecule has 1 saturated heterocycles. The van der Waals surface area contributed by atoms with Crippen LogP contribution in [0.25, 0.3) is 0 Å². The Morgan fingerprint density at radius 1 is 0.914 bits per heavy atom. The number of rotatable bonds is 12. The third kappa shape index (κ3) is 9.51. The van der Waals surface area contributed by atoms with E-state index in [0.29, 0.717) is 13.1 Å². The number of alkyl carbamates (subject to hydrolysis) is 1. The van der Waals surface area contributed by atoms with E-state index in [4.69, 9.17) is 18.5 Å². The molecule has 0 aromatic heterocycles. The molecule has 1 aliphatic heterocycles. The molecule has 1 N–H and O–H groups in total. The zero-order chi connectivity index (χ0) is 25.7. The van der Waals surface area contributed by atoms with Crippen molar-refractivity contribution in [3.05, 3.63) is 35.9 Å². The van der Waals surface area contributed by atoms with Crippen molar-refractivity contribution in [2.75, 3.05) is 52.2 Å². The monoisotopic (exact) mass is 513 g/mol. The van der Waals surface area contributed by atoms with E-state index in [0.717, 1.165) is 5.56 Å². The van der Waals surface area contributed by atoms with Crippen molar-refractivity contribution in [1.29, 1.82) is 0 Å². The lowest BCUT2D eigenvalue weighted by molar-refractivity contribution is -0.135. The van der Waals surface area contributed by atoms with Crippen LogP contribution in [0.5, 0.6) is 0 Å². The lowest BCUT2D eigenvalue weighted by Gasteiger charge is -2.36. The summed E-state index contributed by atoms with van der Waals surface area (Å²) < 4.78 is 33.9. The van der Waals surface area contributed by atoms with E-state index in [1.807, 2.05) is 30.3 Å². The molecule has 1 aromatic rings. The first kappa shape index (κ1) is 28.6. The number of hydrogen-bond donors (Lipinski definition) is 1. The maximum Gasteiger partial charge on any atom is 0.409 e. The van der Waals surface area contributed by atoms with Crippen molar-refractivity contribution in [3.8, 4) is 0 Å². The van der Waals surface area contributed by atoms with Gasteiger partial charge in [-0.15, -0.1) is 0 Å². The molecule has 1 atom stereocenters. The fourth-order valence-corrected chi connectivity index (χ4v) is 5.25. The van der Waals surface area contributed by atoms with Crippen LogP contribution in [-0.2, 0) is 34.5 Å². The number of ether oxygens (including phenoxy) is 2. The summed E-state index contributed by atoms with van der Waals surface area (Å²) in [6, 6.07) is 8.16. The highest BCUT2D eigenvalue weighted by molar-refractivity contribution is 7.53. The summed E-state index contributed by atoms with van der Waals surface area (Å²) in [6.45, 7) is 7.03. The average Bonchev–Trinajstić information content (AvgIpc) is 2.86. The molecular formula is C23H36N3O8P. The van der Waals surface area contributed by atoms with E-state index in [1.165, 1.54) is 4.90 Å². The highest BCUT2D eigenvalue weighted by Gasteiger charge is 2.33. The van der Waals surface area contributed by atoms with Crippen LogP contribution in [0.3, 0.4) is 0 Å². The zero-order valence-electron chi connectivity index (χ0n) is 20.6. The molecule has 196 valence electrons. The number of amides is 3. The number of benzene rings is 1. The first-order valence-electron chi connectivity index (χ1n) is 11.9. The van der Waals surface area contributed by atoms with Gasteiger partial charge in [-0.3, -0.25) is 9.36 Å². The smallest absolute Gasteiger partial charge is 0.409 e. The molecule has 0 aliphatic carbocycles. The molecule has 0 radical (unpaired) electrons. The number of carbonyl (C=O) groups excluding carboxylic acids is 3. The van der Waals surface area contributed by atoms with Gasteiger partial charge < -0.3 is 33.6 Å². The van der Waals surface area contributed by atoms with Gasteiger partial charge in [0.25, 0.3) is 0 Å². The van der Waals surface area contributed by atoms with Crippen molar-refractivity contribution in [1.82, 2.24) is 15.1 Å². The van der Waals surface area contributed by atoms with E-state index in [9.17, 15) is 18.9 Å². The molecule has 3 amide bonds. The Hall–Kier alpha value is -2.62. The SMILES string of the molecule is CCOC(=O)N1CCN(C(=O)C(CCP(=O)(OCC)OCC)NC(=O)OCc2ccccc2)CC1. The maximum absolute atomic E-state index is 13.3. The standard InChI is InChI=1S/C23H36N3O8P/c1-4-31-23(29)26-15-13-25(14-16-26)21(27)20(12-17-35(30,33-5-2)34-6-3)24-22(28)32-18-19-10-8-7-9-11-19/h7-11,20H,4-6,12-18H2,1-3H3,(H,24,28). The molecule has 35 heavy (non-hydrogen) atoms. The second-order valence-corrected chi connectivity index (χ2v) is 9.91. The fourth-order valence-electron chi connectivity index (χ4n) is 3.56. The van der Waals surface area contributed by atoms with Gasteiger partial charge >= 0.3 is 19.8 Å². The highest BCUT2D eigenvalue weighted by Crippen LogP contribution is 2.48. The Bertz CT molecular complexity index is 852. The van der Waals surface area contributed by atoms with Crippen LogP contribution in [0.1, 0.15) is 32.8 Å². The van der Waals surface area contributed by atoms with Gasteiger partial charge in [-0.05, 0) is 32.8 Å². The van der Waals surface area contributed by atoms with Gasteiger partial charge in [0.1, 0.15) is 12.6 Å². The largest absolute Gasteiger partial charge is 0.450 e. The van der Waals surface area contributed by atoms with Crippen LogP contribution in [0.2, 0.25) is 0 Å². The van der Waals surface area contributed by atoms with E-state index in [2.05, 4.69) is 5.32 Å². The van der Waals surface area contributed by atoms with Gasteiger partial charge in [0.2, 0.25) is 5.91 Å². The van der Waals surface area contributed by atoms with Gasteiger partial charge in [-0.25, -0.2) is 9.59 Å². The van der Waals surface area contributed by atoms with Crippen LogP contribution in [0.4, 0.5) is 9.59 Å². The van der Waals surface area contributed by atoms with Gasteiger partial charge in [-0.2, -0.15) is 0 Å². The van der Waals surface area contributed by atoms with Crippen LogP contribution < -0.4 is 5.32 Å². The average molecular weight is 514 g/mol. The van der Waals surface area contributed by atoms with E-state index < -0.39 is 25.8 Å². The van der Waals surface area contributed by atoms with Crippen LogP contribution >= 0.6 is 7.60 Å². The van der Waals surface area contributed by atoms with Crippen molar-refractivity contribution in [3.63, 3.8) is 0 Å². The Morgan fingerprint density at radius 2 is 1.51 bits per heavy atom. The molecular weight excluding hydrogens is 477 g/mol. The predicted octanol–water partition coefficient (Wildman–Crippen LogP) is 3.24. The molecule has 1 unspecified atom stereocenters. The summed E-state index contributed by atoms with van der Waals surface area (Å²) in [4.78, 5) is 40.8. The number of piperazine rings is 1. The van der Waals surface area contributed by atoms with Crippen LogP contribution in [-0.4, -0.2) is 86.1 Å². The molecule has 1 aromatic carbocycles. The second kappa shape index (κ2) is 14.7. The van der Waals surface area contributed by atoms with Crippen molar-refractivity contribution < 1.29 is 37.5 Å². The molecule has 0 saturated carbocycles. The molecule has 12 heteroatoms. The van der Waals surface area contributed by atoms with Gasteiger partial charge in [0, 0.05) is 26.2 Å². The van der Waals surface area contributed by atoms with Crippen molar-refractivity contribution in [2.24, 2.45) is 0 Å². The summed E-state index contributed by atoms with van der Waals surface area (Å²) in [5.41, 5.74) is 0.804. The van der Waals surface area contributed by atoms with Gasteiger partial charge in [-0.1, -0.05) is 30.3 Å². The molecule has 2 rings (SSSR count). The summed E-state index contributed by atoms with van der Waals surface area (Å²) in [7, 11) is -3.42. The highest BCUT2D eigenvalue weighted by atomic mass is 31.2. The normalized spacial score (nSPS) is 14.8. The minimum atomic E-state index is -3.42. The van der Waals surface area contributed by atoms with E-state index in [1.54, 1.807) is 25.7 Å². The second-order valence-electron chi connectivity index (χ2n) is 7.73. The maximum atomic E-state index is 13.3. The lowest BCUT2D eigenvalue weighted by Crippen LogP contribution is -2.56. The summed E-state index contributed by atoms with van der Waals surface area (Å²) >= 11 is 0. The molecule has 1 heterocycles. The molecule has 0 spiro atoms. The summed E-state index contributed by atoms with van der Waals surface area (Å²) in [5.74, 6) is -0.357. The first-order chi connectivity index (χ1) is 16.8. The Balaban J connectivity index is 2.04. The van der Waals surface area contributed by atoms with Crippen LogP contribution in [0, 0.1) is 0 Å². The molecule has 0 bridgehead atoms. The Labute approximate surface area is 206 Å². The Kier molecular flexibility index (Phi) is 12.0. The fraction of sp³-hybridized carbons (Fsp3) is 0.609. The number of hydrogen-bond acceptors (Lipinski definition) is 8. The first-order valence-corrected chi connectivity index (χ1v) is 13.6. The third-order valence-corrected chi connectivity index (χ3v) is 7.37. The molecule has 1 aliphatic rings. The van der Waals surface area contributed by atoms with E-state index in [-0.39, 0.29) is 58.0 Å². The van der Waals surface area contributed by atoms with Gasteiger partial charge in [0.15, 0.2) is 0 Å². The number of nitrogens with one attached hydrogen (secondary N) is 1. The number of nitrogens with zero attached hydrogens (tertiary/aromatic N) is 2. The summed E-state index contributed by atoms with van der Waals surface area (Å²) in [5, 5.41) is 2.61. The van der Waals surface area contributed by atoms with Crippen molar-refractivity contribution in [2.45, 2.75) is 39.8 Å². The van der Waals surface area contributed by atoms with Crippen LogP contribution in [0.15, 0.2) is 30.3 Å². The Morgan fingerprint density at radius 3 is 2.09 bits per heavy atom. The predicted molar refractivity (Wildman–Crippen MR) is 129 cm³/mol. The lowest BCUT2D eigenvalue weighted by atomic mass is 10.1. The van der Waals surface area contributed by atoms with Gasteiger partial charge in [0.05, 0.1) is 26.0 Å². The third-order valence-electron chi connectivity index (χ3n) is 5.26. The zero-order valence-corrected chi connectivity index (χ0v) is 21.5. The quantitative estimate of drug-likeness (QED) is 0.423. The summed E-state index contributed by atoms with van der Waals surface area (Å²) in [6.07, 6.45) is -1.20. The minimum Gasteiger partial charge on any atom is -0.450 e. The minimum absolute atomic E-state index is 0.0363.